The van der Waals surface area contributed by atoms with Gasteiger partial charge in [-0.3, -0.25) is 14.5 Å². The number of nitrogens with one attached hydrogen (secondary N) is 1. The molecule has 0 radical (unpaired) electrons. The van der Waals surface area contributed by atoms with Crippen molar-refractivity contribution in [3.05, 3.63) is 91.5 Å². The number of thiazole rings is 1. The van der Waals surface area contributed by atoms with Crippen molar-refractivity contribution in [1.82, 2.24) is 14.7 Å². The Kier molecular flexibility index (Phi) is 4.48. The van der Waals surface area contributed by atoms with Gasteiger partial charge in [0.15, 0.2) is 4.96 Å². The molecular formula is C19H17N3OS2. The smallest absolute Gasteiger partial charge is 0.259 e. The van der Waals surface area contributed by atoms with Crippen LogP contribution in [0.1, 0.15) is 27.9 Å². The van der Waals surface area contributed by atoms with Gasteiger partial charge in [-0.15, -0.1) is 22.7 Å². The maximum atomic E-state index is 12.3. The molecule has 3 aromatic heterocycles. The Morgan fingerprint density at radius 1 is 1.16 bits per heavy atom. The fraction of sp³-hybridized carbons (Fsp3) is 0.158. The molecule has 0 saturated carbocycles. The Morgan fingerprint density at radius 3 is 2.76 bits per heavy atom. The molecule has 0 aliphatic heterocycles. The van der Waals surface area contributed by atoms with Gasteiger partial charge in [0.05, 0.1) is 11.7 Å². The number of aryl methyl sites for hydroxylation is 1. The molecule has 6 heteroatoms. The molecule has 0 saturated heterocycles. The fourth-order valence-corrected chi connectivity index (χ4v) is 4.60. The molecule has 0 amide bonds. The van der Waals surface area contributed by atoms with Crippen LogP contribution in [0.5, 0.6) is 0 Å². The van der Waals surface area contributed by atoms with E-state index in [1.165, 1.54) is 21.8 Å². The van der Waals surface area contributed by atoms with Crippen LogP contribution in [0.15, 0.2) is 64.1 Å². The number of rotatable bonds is 5. The van der Waals surface area contributed by atoms with E-state index >= 15 is 0 Å². The molecule has 0 fully saturated rings. The normalized spacial score (nSPS) is 12.5. The lowest BCUT2D eigenvalue weighted by Crippen LogP contribution is -2.24. The molecule has 0 aliphatic rings. The number of hydrogen-bond donors (Lipinski definition) is 1. The largest absolute Gasteiger partial charge is 0.300 e. The first-order valence-electron chi connectivity index (χ1n) is 8.01. The van der Waals surface area contributed by atoms with Crippen molar-refractivity contribution >= 4 is 27.6 Å². The van der Waals surface area contributed by atoms with Crippen molar-refractivity contribution in [1.29, 1.82) is 0 Å². The van der Waals surface area contributed by atoms with Gasteiger partial charge < -0.3 is 0 Å². The summed E-state index contributed by atoms with van der Waals surface area (Å²) in [5, 5.41) is 7.60. The van der Waals surface area contributed by atoms with Crippen LogP contribution in [0.3, 0.4) is 0 Å². The Hall–Kier alpha value is -2.28. The third kappa shape index (κ3) is 3.28. The van der Waals surface area contributed by atoms with Gasteiger partial charge in [-0.2, -0.15) is 0 Å². The predicted octanol–water partition coefficient (Wildman–Crippen LogP) is 4.01. The first-order valence-corrected chi connectivity index (χ1v) is 9.77. The molecule has 0 aliphatic carbocycles. The van der Waals surface area contributed by atoms with Crippen LogP contribution in [-0.2, 0) is 6.54 Å². The number of nitrogens with zero attached hydrogens (tertiary/aromatic N) is 2. The highest BCUT2D eigenvalue weighted by molar-refractivity contribution is 7.15. The van der Waals surface area contributed by atoms with Gasteiger partial charge in [0.25, 0.3) is 5.56 Å². The third-order valence-corrected chi connectivity index (χ3v) is 5.96. The first-order chi connectivity index (χ1) is 12.2. The molecular weight excluding hydrogens is 350 g/mol. The number of hydrogen-bond acceptors (Lipinski definition) is 5. The molecule has 1 atom stereocenters. The van der Waals surface area contributed by atoms with Crippen LogP contribution in [-0.4, -0.2) is 9.38 Å². The number of thiophene rings is 1. The SMILES string of the molecule is Cc1csc2nc(CNC(c3ccccc3)c3cccs3)cc(=O)n12. The first kappa shape index (κ1) is 16.2. The molecule has 1 N–H and O–H groups in total. The maximum absolute atomic E-state index is 12.3. The van der Waals surface area contributed by atoms with Crippen molar-refractivity contribution in [2.24, 2.45) is 0 Å². The Labute approximate surface area is 153 Å². The minimum Gasteiger partial charge on any atom is -0.300 e. The molecule has 4 nitrogen and oxygen atoms in total. The molecule has 4 aromatic rings. The number of fused-ring (bicyclic) bond motifs is 1. The van der Waals surface area contributed by atoms with E-state index in [0.717, 1.165) is 16.3 Å². The van der Waals surface area contributed by atoms with E-state index in [1.54, 1.807) is 21.8 Å². The van der Waals surface area contributed by atoms with Gasteiger partial charge in [-0.05, 0) is 23.9 Å². The fourth-order valence-electron chi connectivity index (χ4n) is 2.88. The van der Waals surface area contributed by atoms with Crippen molar-refractivity contribution < 1.29 is 0 Å². The summed E-state index contributed by atoms with van der Waals surface area (Å²) in [6.07, 6.45) is 0. The van der Waals surface area contributed by atoms with Crippen molar-refractivity contribution in [2.75, 3.05) is 0 Å². The Balaban J connectivity index is 1.63. The van der Waals surface area contributed by atoms with Gasteiger partial charge in [0.1, 0.15) is 0 Å². The van der Waals surface area contributed by atoms with E-state index in [0.29, 0.717) is 6.54 Å². The highest BCUT2D eigenvalue weighted by atomic mass is 32.1. The van der Waals surface area contributed by atoms with Crippen LogP contribution in [0.4, 0.5) is 0 Å². The van der Waals surface area contributed by atoms with Crippen LogP contribution in [0, 0.1) is 6.92 Å². The molecule has 0 bridgehead atoms. The predicted molar refractivity (Wildman–Crippen MR) is 104 cm³/mol. The van der Waals surface area contributed by atoms with Gasteiger partial charge in [0, 0.05) is 28.6 Å². The van der Waals surface area contributed by atoms with Crippen molar-refractivity contribution in [3.8, 4) is 0 Å². The van der Waals surface area contributed by atoms with Crippen LogP contribution in [0.25, 0.3) is 4.96 Å². The van der Waals surface area contributed by atoms with E-state index in [1.807, 2.05) is 30.5 Å². The monoisotopic (exact) mass is 367 g/mol. The molecule has 25 heavy (non-hydrogen) atoms. The topological polar surface area (TPSA) is 46.4 Å². The second-order valence-electron chi connectivity index (χ2n) is 5.82. The summed E-state index contributed by atoms with van der Waals surface area (Å²) < 4.78 is 1.65. The highest BCUT2D eigenvalue weighted by Gasteiger charge is 2.15. The lowest BCUT2D eigenvalue weighted by atomic mass is 10.1. The second-order valence-corrected chi connectivity index (χ2v) is 7.64. The summed E-state index contributed by atoms with van der Waals surface area (Å²) in [6, 6.07) is 16.2. The van der Waals surface area contributed by atoms with Gasteiger partial charge >= 0.3 is 0 Å². The minimum atomic E-state index is -0.0204. The van der Waals surface area contributed by atoms with E-state index in [2.05, 4.69) is 39.9 Å². The van der Waals surface area contributed by atoms with Gasteiger partial charge in [-0.25, -0.2) is 4.98 Å². The molecule has 4 rings (SSSR count). The second kappa shape index (κ2) is 6.92. The summed E-state index contributed by atoms with van der Waals surface area (Å²) in [4.78, 5) is 18.9. The van der Waals surface area contributed by atoms with E-state index in [-0.39, 0.29) is 11.6 Å². The summed E-state index contributed by atoms with van der Waals surface area (Å²) in [6.45, 7) is 2.47. The van der Waals surface area contributed by atoms with Crippen molar-refractivity contribution in [3.63, 3.8) is 0 Å². The molecule has 1 aromatic carbocycles. The summed E-state index contributed by atoms with van der Waals surface area (Å²) >= 11 is 3.22. The standard InChI is InChI=1S/C19H17N3OS2/c1-13-12-25-19-21-15(10-17(23)22(13)19)11-20-18(16-8-5-9-24-16)14-6-3-2-4-7-14/h2-10,12,18,20H,11H2,1H3. The molecule has 3 heterocycles. The summed E-state index contributed by atoms with van der Waals surface area (Å²) in [7, 11) is 0. The van der Waals surface area contributed by atoms with Crippen LogP contribution >= 0.6 is 22.7 Å². The zero-order valence-corrected chi connectivity index (χ0v) is 15.3. The zero-order chi connectivity index (χ0) is 17.2. The van der Waals surface area contributed by atoms with E-state index < -0.39 is 0 Å². The van der Waals surface area contributed by atoms with E-state index in [4.69, 9.17) is 0 Å². The minimum absolute atomic E-state index is 0.0204. The number of benzene rings is 1. The molecule has 0 spiro atoms. The Morgan fingerprint density at radius 2 is 2.00 bits per heavy atom. The average molecular weight is 367 g/mol. The summed E-state index contributed by atoms with van der Waals surface area (Å²) in [5.41, 5.74) is 2.88. The molecule has 126 valence electrons. The van der Waals surface area contributed by atoms with Crippen molar-refractivity contribution in [2.45, 2.75) is 19.5 Å². The lowest BCUT2D eigenvalue weighted by Gasteiger charge is -2.18. The van der Waals surface area contributed by atoms with E-state index in [9.17, 15) is 4.79 Å². The third-order valence-electron chi connectivity index (χ3n) is 4.08. The molecule has 1 unspecified atom stereocenters. The maximum Gasteiger partial charge on any atom is 0.259 e. The highest BCUT2D eigenvalue weighted by Crippen LogP contribution is 2.26. The van der Waals surface area contributed by atoms with Gasteiger partial charge in [-0.1, -0.05) is 36.4 Å². The number of aromatic nitrogens is 2. The Bertz CT molecular complexity index is 1040. The summed E-state index contributed by atoms with van der Waals surface area (Å²) in [5.74, 6) is 0. The quantitative estimate of drug-likeness (QED) is 0.580. The van der Waals surface area contributed by atoms with Crippen LogP contribution < -0.4 is 10.9 Å². The zero-order valence-electron chi connectivity index (χ0n) is 13.7. The lowest BCUT2D eigenvalue weighted by molar-refractivity contribution is 0.604. The van der Waals surface area contributed by atoms with Gasteiger partial charge in [0.2, 0.25) is 0 Å². The average Bonchev–Trinajstić information content (AvgIpc) is 3.27. The van der Waals surface area contributed by atoms with Crippen LogP contribution in [0.2, 0.25) is 0 Å².